The molecule has 0 spiro atoms. The zero-order chi connectivity index (χ0) is 17.7. The van der Waals surface area contributed by atoms with Gasteiger partial charge in [0.2, 0.25) is 0 Å². The molecule has 0 bridgehead atoms. The summed E-state index contributed by atoms with van der Waals surface area (Å²) in [5.41, 5.74) is 0.0611. The number of nitrogens with zero attached hydrogens (tertiary/aromatic N) is 2. The zero-order valence-electron chi connectivity index (χ0n) is 13.1. The van der Waals surface area contributed by atoms with Gasteiger partial charge in [0.05, 0.1) is 12.3 Å². The third kappa shape index (κ3) is 4.29. The summed E-state index contributed by atoms with van der Waals surface area (Å²) in [6.45, 7) is 3.04. The summed E-state index contributed by atoms with van der Waals surface area (Å²) in [6, 6.07) is 4.13. The summed E-state index contributed by atoms with van der Waals surface area (Å²) < 4.78 is 4.89. The zero-order valence-corrected chi connectivity index (χ0v) is 13.9. The predicted molar refractivity (Wildman–Crippen MR) is 86.9 cm³/mol. The second-order valence-electron chi connectivity index (χ2n) is 5.09. The van der Waals surface area contributed by atoms with E-state index >= 15 is 0 Å². The molecule has 1 fully saturated rings. The molecule has 8 nitrogen and oxygen atoms in total. The lowest BCUT2D eigenvalue weighted by Gasteiger charge is -2.33. The van der Waals surface area contributed by atoms with E-state index in [9.17, 15) is 19.5 Å². The maximum atomic E-state index is 12.2. The molecular weight excluding hydrogens is 338 g/mol. The number of benzene rings is 1. The van der Waals surface area contributed by atoms with Crippen molar-refractivity contribution in [3.8, 4) is 5.75 Å². The fourth-order valence-electron chi connectivity index (χ4n) is 2.23. The summed E-state index contributed by atoms with van der Waals surface area (Å²) >= 11 is 5.79. The Labute approximate surface area is 143 Å². The number of phenolic OH excluding ortho intramolecular Hbond substituents is 1. The third-order valence-corrected chi connectivity index (χ3v) is 3.73. The van der Waals surface area contributed by atoms with Crippen LogP contribution in [0, 0.1) is 0 Å². The number of hydrogen-bond acceptors (Lipinski definition) is 5. The van der Waals surface area contributed by atoms with E-state index in [2.05, 4.69) is 5.32 Å². The van der Waals surface area contributed by atoms with Crippen molar-refractivity contribution in [3.05, 3.63) is 23.2 Å². The smallest absolute Gasteiger partial charge is 0.409 e. The van der Waals surface area contributed by atoms with E-state index in [0.29, 0.717) is 18.1 Å². The normalized spacial score (nSPS) is 14.2. The highest BCUT2D eigenvalue weighted by Crippen LogP contribution is 2.26. The highest BCUT2D eigenvalue weighted by Gasteiger charge is 2.28. The Morgan fingerprint density at radius 1 is 1.21 bits per heavy atom. The topological polar surface area (TPSA) is 99.2 Å². The van der Waals surface area contributed by atoms with Gasteiger partial charge in [-0.05, 0) is 25.1 Å². The minimum absolute atomic E-state index is 0.0611. The van der Waals surface area contributed by atoms with Crippen LogP contribution in [0.15, 0.2) is 18.2 Å². The SMILES string of the molecule is CCOC(=O)N1CCN(C(=O)C(=O)Nc2cc(Cl)ccc2O)CC1. The van der Waals surface area contributed by atoms with Crippen molar-refractivity contribution < 1.29 is 24.2 Å². The lowest BCUT2D eigenvalue weighted by molar-refractivity contribution is -0.144. The number of rotatable bonds is 2. The van der Waals surface area contributed by atoms with Crippen LogP contribution < -0.4 is 5.32 Å². The molecule has 0 aromatic heterocycles. The number of piperazine rings is 1. The van der Waals surface area contributed by atoms with Crippen molar-refractivity contribution in [1.29, 1.82) is 0 Å². The largest absolute Gasteiger partial charge is 0.506 e. The first-order valence-corrected chi connectivity index (χ1v) is 7.80. The highest BCUT2D eigenvalue weighted by atomic mass is 35.5. The van der Waals surface area contributed by atoms with Gasteiger partial charge in [0, 0.05) is 31.2 Å². The van der Waals surface area contributed by atoms with Crippen LogP contribution in [0.1, 0.15) is 6.92 Å². The summed E-state index contributed by atoms with van der Waals surface area (Å²) in [5, 5.41) is 12.3. The summed E-state index contributed by atoms with van der Waals surface area (Å²) in [5.74, 6) is -1.80. The fraction of sp³-hybridized carbons (Fsp3) is 0.400. The van der Waals surface area contributed by atoms with Gasteiger partial charge in [-0.1, -0.05) is 11.6 Å². The van der Waals surface area contributed by atoms with Crippen molar-refractivity contribution in [2.75, 3.05) is 38.1 Å². The minimum Gasteiger partial charge on any atom is -0.506 e. The molecule has 0 aliphatic carbocycles. The summed E-state index contributed by atoms with van der Waals surface area (Å²) in [4.78, 5) is 38.6. The summed E-state index contributed by atoms with van der Waals surface area (Å²) in [6.07, 6.45) is -0.432. The van der Waals surface area contributed by atoms with Crippen LogP contribution in [-0.4, -0.2) is 65.6 Å². The minimum atomic E-state index is -0.878. The lowest BCUT2D eigenvalue weighted by Crippen LogP contribution is -2.53. The maximum absolute atomic E-state index is 12.2. The number of amides is 3. The quantitative estimate of drug-likeness (QED) is 0.615. The lowest BCUT2D eigenvalue weighted by atomic mass is 10.2. The molecule has 0 saturated carbocycles. The van der Waals surface area contributed by atoms with Gasteiger partial charge in [0.1, 0.15) is 5.75 Å². The van der Waals surface area contributed by atoms with Crippen LogP contribution in [-0.2, 0) is 14.3 Å². The van der Waals surface area contributed by atoms with E-state index in [4.69, 9.17) is 16.3 Å². The molecule has 3 amide bonds. The molecule has 9 heteroatoms. The first-order valence-electron chi connectivity index (χ1n) is 7.43. The molecule has 0 radical (unpaired) electrons. The number of carbonyl (C=O) groups is 3. The van der Waals surface area contributed by atoms with Crippen LogP contribution in [0.25, 0.3) is 0 Å². The van der Waals surface area contributed by atoms with Crippen molar-refractivity contribution >= 4 is 35.2 Å². The Morgan fingerprint density at radius 2 is 1.83 bits per heavy atom. The monoisotopic (exact) mass is 355 g/mol. The second-order valence-corrected chi connectivity index (χ2v) is 5.53. The van der Waals surface area contributed by atoms with E-state index in [0.717, 1.165) is 0 Å². The fourth-order valence-corrected chi connectivity index (χ4v) is 2.41. The number of carbonyl (C=O) groups excluding carboxylic acids is 3. The number of hydrogen-bond donors (Lipinski definition) is 2. The van der Waals surface area contributed by atoms with E-state index in [1.807, 2.05) is 0 Å². The average Bonchev–Trinajstić information content (AvgIpc) is 2.57. The Hall–Kier alpha value is -2.48. The van der Waals surface area contributed by atoms with Crippen LogP contribution in [0.5, 0.6) is 5.75 Å². The molecule has 1 saturated heterocycles. The van der Waals surface area contributed by atoms with Gasteiger partial charge in [0.15, 0.2) is 0 Å². The van der Waals surface area contributed by atoms with Gasteiger partial charge in [0.25, 0.3) is 0 Å². The molecule has 0 atom stereocenters. The van der Waals surface area contributed by atoms with Gasteiger partial charge in [-0.15, -0.1) is 0 Å². The number of nitrogens with one attached hydrogen (secondary N) is 1. The van der Waals surface area contributed by atoms with Gasteiger partial charge >= 0.3 is 17.9 Å². The molecule has 24 heavy (non-hydrogen) atoms. The summed E-state index contributed by atoms with van der Waals surface area (Å²) in [7, 11) is 0. The van der Waals surface area contributed by atoms with E-state index in [1.54, 1.807) is 6.92 Å². The van der Waals surface area contributed by atoms with Gasteiger partial charge < -0.3 is 25.0 Å². The molecule has 2 N–H and O–H groups in total. The number of ether oxygens (including phenoxy) is 1. The Balaban J connectivity index is 1.91. The molecular formula is C15H18ClN3O5. The van der Waals surface area contributed by atoms with Crippen molar-refractivity contribution in [3.63, 3.8) is 0 Å². The van der Waals surface area contributed by atoms with E-state index in [1.165, 1.54) is 28.0 Å². The van der Waals surface area contributed by atoms with Crippen molar-refractivity contribution in [2.24, 2.45) is 0 Å². The molecule has 1 aliphatic heterocycles. The molecule has 1 heterocycles. The second kappa shape index (κ2) is 7.87. The van der Waals surface area contributed by atoms with Crippen LogP contribution >= 0.6 is 11.6 Å². The predicted octanol–water partition coefficient (Wildman–Crippen LogP) is 1.28. The standard InChI is InChI=1S/C15H18ClN3O5/c1-2-24-15(23)19-7-5-18(6-8-19)14(22)13(21)17-11-9-10(16)3-4-12(11)20/h3-4,9,20H,2,5-8H2,1H3,(H,17,21). The Kier molecular flexibility index (Phi) is 5.86. The molecule has 0 unspecified atom stereocenters. The maximum Gasteiger partial charge on any atom is 0.409 e. The average molecular weight is 356 g/mol. The van der Waals surface area contributed by atoms with Gasteiger partial charge in [-0.2, -0.15) is 0 Å². The Morgan fingerprint density at radius 3 is 2.46 bits per heavy atom. The molecule has 1 aromatic rings. The van der Waals surface area contributed by atoms with Gasteiger partial charge in [-0.25, -0.2) is 4.79 Å². The van der Waals surface area contributed by atoms with Crippen LogP contribution in [0.2, 0.25) is 5.02 Å². The molecule has 130 valence electrons. The first-order chi connectivity index (χ1) is 11.4. The molecule has 1 aliphatic rings. The first kappa shape index (κ1) is 17.9. The number of phenols is 1. The molecule has 2 rings (SSSR count). The van der Waals surface area contributed by atoms with E-state index < -0.39 is 17.9 Å². The van der Waals surface area contributed by atoms with E-state index in [-0.39, 0.29) is 31.1 Å². The number of aromatic hydroxyl groups is 1. The van der Waals surface area contributed by atoms with Crippen molar-refractivity contribution in [2.45, 2.75) is 6.92 Å². The Bertz CT molecular complexity index is 644. The van der Waals surface area contributed by atoms with Crippen molar-refractivity contribution in [1.82, 2.24) is 9.80 Å². The van der Waals surface area contributed by atoms with Crippen LogP contribution in [0.4, 0.5) is 10.5 Å². The van der Waals surface area contributed by atoms with Gasteiger partial charge in [-0.3, -0.25) is 9.59 Å². The number of anilines is 1. The van der Waals surface area contributed by atoms with Crippen LogP contribution in [0.3, 0.4) is 0 Å². The third-order valence-electron chi connectivity index (χ3n) is 3.49. The highest BCUT2D eigenvalue weighted by molar-refractivity contribution is 6.40. The molecule has 1 aromatic carbocycles. The number of halogens is 1.